The summed E-state index contributed by atoms with van der Waals surface area (Å²) in [6.45, 7) is 1.94. The zero-order valence-electron chi connectivity index (χ0n) is 10.7. The third-order valence-corrected chi connectivity index (χ3v) is 4.59. The number of carboxylic acids is 1. The van der Waals surface area contributed by atoms with Crippen LogP contribution in [0, 0.1) is 0 Å². The molecule has 2 rings (SSSR count). The molecule has 2 aromatic rings. The van der Waals surface area contributed by atoms with Crippen LogP contribution in [0.3, 0.4) is 0 Å². The van der Waals surface area contributed by atoms with Gasteiger partial charge in [0.05, 0.1) is 5.25 Å². The predicted molar refractivity (Wildman–Crippen MR) is 74.2 cm³/mol. The summed E-state index contributed by atoms with van der Waals surface area (Å²) in [6, 6.07) is 3.13. The monoisotopic (exact) mass is 299 g/mol. The molecule has 1 N–H and O–H groups in total. The van der Waals surface area contributed by atoms with Crippen molar-refractivity contribution >= 4 is 34.2 Å². The van der Waals surface area contributed by atoms with Gasteiger partial charge in [-0.05, 0) is 19.1 Å². The largest absolute Gasteiger partial charge is 0.475 e. The molecule has 0 saturated carbocycles. The zero-order valence-corrected chi connectivity index (χ0v) is 12.3. The molecule has 1 unspecified atom stereocenters. The lowest BCUT2D eigenvalue weighted by Crippen LogP contribution is -2.07. The zero-order chi connectivity index (χ0) is 14.0. The summed E-state index contributed by atoms with van der Waals surface area (Å²) >= 11 is 2.98. The third-order valence-electron chi connectivity index (χ3n) is 2.29. The minimum absolute atomic E-state index is 0.0175. The minimum Gasteiger partial charge on any atom is -0.475 e. The first-order valence-electron chi connectivity index (χ1n) is 5.48. The van der Waals surface area contributed by atoms with Crippen LogP contribution in [0.2, 0.25) is 0 Å². The molecular weight excluding hydrogens is 286 g/mol. The highest BCUT2D eigenvalue weighted by Crippen LogP contribution is 2.38. The molecule has 0 spiro atoms. The van der Waals surface area contributed by atoms with Gasteiger partial charge < -0.3 is 14.4 Å². The summed E-state index contributed by atoms with van der Waals surface area (Å²) in [5.41, 5.74) is 0. The standard InChI is InChI=1S/C11H13N3O3S2/c1-6(7-4-5-8(17-7)9(15)16)18-11-13-12-10(19-11)14(2)3/h4-6H,1-3H3,(H,15,16). The van der Waals surface area contributed by atoms with E-state index in [0.29, 0.717) is 5.76 Å². The van der Waals surface area contributed by atoms with Gasteiger partial charge in [-0.1, -0.05) is 23.1 Å². The van der Waals surface area contributed by atoms with E-state index < -0.39 is 5.97 Å². The van der Waals surface area contributed by atoms with Crippen LogP contribution < -0.4 is 4.90 Å². The molecule has 1 atom stereocenters. The van der Waals surface area contributed by atoms with E-state index in [9.17, 15) is 4.79 Å². The van der Waals surface area contributed by atoms with Crippen molar-refractivity contribution in [1.82, 2.24) is 10.2 Å². The van der Waals surface area contributed by atoms with E-state index >= 15 is 0 Å². The molecule has 0 aromatic carbocycles. The SMILES string of the molecule is CC(Sc1nnc(N(C)C)s1)c1ccc(C(=O)O)o1. The molecule has 102 valence electrons. The number of thioether (sulfide) groups is 1. The molecule has 2 heterocycles. The normalized spacial score (nSPS) is 12.4. The van der Waals surface area contributed by atoms with Crippen molar-refractivity contribution in [1.29, 1.82) is 0 Å². The Kier molecular flexibility index (Phi) is 4.11. The van der Waals surface area contributed by atoms with Crippen LogP contribution >= 0.6 is 23.1 Å². The van der Waals surface area contributed by atoms with Crippen LogP contribution in [0.25, 0.3) is 0 Å². The third kappa shape index (κ3) is 3.27. The van der Waals surface area contributed by atoms with Gasteiger partial charge >= 0.3 is 5.97 Å². The van der Waals surface area contributed by atoms with Crippen molar-refractivity contribution in [2.45, 2.75) is 16.5 Å². The Morgan fingerprint density at radius 2 is 2.21 bits per heavy atom. The summed E-state index contributed by atoms with van der Waals surface area (Å²) in [6.07, 6.45) is 0. The van der Waals surface area contributed by atoms with Crippen molar-refractivity contribution in [2.75, 3.05) is 19.0 Å². The molecular formula is C11H13N3O3S2. The summed E-state index contributed by atoms with van der Waals surface area (Å²) in [5, 5.41) is 17.7. The van der Waals surface area contributed by atoms with E-state index in [1.54, 1.807) is 6.07 Å². The van der Waals surface area contributed by atoms with Crippen molar-refractivity contribution in [3.63, 3.8) is 0 Å². The summed E-state index contributed by atoms with van der Waals surface area (Å²) in [7, 11) is 3.81. The number of nitrogens with zero attached hydrogens (tertiary/aromatic N) is 3. The fraction of sp³-hybridized carbons (Fsp3) is 0.364. The van der Waals surface area contributed by atoms with Crippen LogP contribution in [-0.2, 0) is 0 Å². The van der Waals surface area contributed by atoms with E-state index in [1.165, 1.54) is 29.2 Å². The predicted octanol–water partition coefficient (Wildman–Crippen LogP) is 2.75. The Balaban J connectivity index is 2.06. The lowest BCUT2D eigenvalue weighted by molar-refractivity contribution is 0.0660. The molecule has 8 heteroatoms. The van der Waals surface area contributed by atoms with Gasteiger partial charge in [-0.15, -0.1) is 10.2 Å². The second-order valence-electron chi connectivity index (χ2n) is 4.01. The first-order chi connectivity index (χ1) is 8.97. The lowest BCUT2D eigenvalue weighted by Gasteiger charge is -2.05. The van der Waals surface area contributed by atoms with Gasteiger partial charge in [0.15, 0.2) is 4.34 Å². The maximum atomic E-state index is 10.7. The van der Waals surface area contributed by atoms with Crippen molar-refractivity contribution in [2.24, 2.45) is 0 Å². The second-order valence-corrected chi connectivity index (χ2v) is 6.56. The first-order valence-corrected chi connectivity index (χ1v) is 7.17. The summed E-state index contributed by atoms with van der Waals surface area (Å²) in [5.74, 6) is -0.494. The molecule has 0 bridgehead atoms. The highest BCUT2D eigenvalue weighted by Gasteiger charge is 2.17. The van der Waals surface area contributed by atoms with Gasteiger partial charge in [-0.25, -0.2) is 4.79 Å². The molecule has 2 aromatic heterocycles. The van der Waals surface area contributed by atoms with E-state index in [-0.39, 0.29) is 11.0 Å². The van der Waals surface area contributed by atoms with E-state index in [2.05, 4.69) is 10.2 Å². The molecule has 0 aliphatic rings. The molecule has 0 amide bonds. The van der Waals surface area contributed by atoms with Gasteiger partial charge in [0.1, 0.15) is 5.76 Å². The Morgan fingerprint density at radius 1 is 1.47 bits per heavy atom. The highest BCUT2D eigenvalue weighted by molar-refractivity contribution is 8.01. The van der Waals surface area contributed by atoms with Gasteiger partial charge in [0.25, 0.3) is 0 Å². The van der Waals surface area contributed by atoms with E-state index in [0.717, 1.165) is 9.47 Å². The molecule has 19 heavy (non-hydrogen) atoms. The lowest BCUT2D eigenvalue weighted by atomic mass is 10.3. The van der Waals surface area contributed by atoms with Crippen LogP contribution in [0.1, 0.15) is 28.5 Å². The van der Waals surface area contributed by atoms with Crippen LogP contribution in [0.4, 0.5) is 5.13 Å². The Hall–Kier alpha value is -1.54. The Bertz CT molecular complexity index is 579. The molecule has 0 aliphatic heterocycles. The van der Waals surface area contributed by atoms with Gasteiger partial charge in [0.2, 0.25) is 10.9 Å². The number of hydrogen-bond acceptors (Lipinski definition) is 7. The van der Waals surface area contributed by atoms with Crippen LogP contribution in [-0.4, -0.2) is 35.4 Å². The number of furan rings is 1. The number of anilines is 1. The Labute approximate surface area is 118 Å². The molecule has 0 radical (unpaired) electrons. The van der Waals surface area contributed by atoms with Crippen molar-refractivity contribution in [3.05, 3.63) is 23.7 Å². The topological polar surface area (TPSA) is 79.5 Å². The van der Waals surface area contributed by atoms with Gasteiger partial charge in [0, 0.05) is 14.1 Å². The average Bonchev–Trinajstić information content (AvgIpc) is 2.96. The first kappa shape index (κ1) is 13.9. The fourth-order valence-electron chi connectivity index (χ4n) is 1.33. The average molecular weight is 299 g/mol. The number of aromatic nitrogens is 2. The number of rotatable bonds is 5. The summed E-state index contributed by atoms with van der Waals surface area (Å²) in [4.78, 5) is 12.6. The highest BCUT2D eigenvalue weighted by atomic mass is 32.2. The maximum Gasteiger partial charge on any atom is 0.371 e. The molecule has 0 saturated heterocycles. The van der Waals surface area contributed by atoms with Crippen LogP contribution in [0.15, 0.2) is 20.9 Å². The molecule has 0 aliphatic carbocycles. The smallest absolute Gasteiger partial charge is 0.371 e. The number of carboxylic acid groups (broad SMARTS) is 1. The fourth-order valence-corrected chi connectivity index (χ4v) is 3.31. The van der Waals surface area contributed by atoms with Crippen molar-refractivity contribution < 1.29 is 14.3 Å². The van der Waals surface area contributed by atoms with Gasteiger partial charge in [-0.3, -0.25) is 0 Å². The number of carbonyl (C=O) groups is 1. The minimum atomic E-state index is -1.06. The molecule has 6 nitrogen and oxygen atoms in total. The maximum absolute atomic E-state index is 10.7. The second kappa shape index (κ2) is 5.62. The summed E-state index contributed by atoms with van der Waals surface area (Å²) < 4.78 is 6.08. The molecule has 0 fully saturated rings. The van der Waals surface area contributed by atoms with Gasteiger partial charge in [-0.2, -0.15) is 0 Å². The van der Waals surface area contributed by atoms with Crippen molar-refractivity contribution in [3.8, 4) is 0 Å². The van der Waals surface area contributed by atoms with E-state index in [1.807, 2.05) is 25.9 Å². The van der Waals surface area contributed by atoms with Crippen LogP contribution in [0.5, 0.6) is 0 Å². The number of hydrogen-bond donors (Lipinski definition) is 1. The Morgan fingerprint density at radius 3 is 2.74 bits per heavy atom. The van der Waals surface area contributed by atoms with E-state index in [4.69, 9.17) is 9.52 Å². The quantitative estimate of drug-likeness (QED) is 0.850. The number of aromatic carboxylic acids is 1.